The van der Waals surface area contributed by atoms with Crippen LogP contribution < -0.4 is 0 Å². The number of nitrogens with zero attached hydrogens (tertiary/aromatic N) is 3. The van der Waals surface area contributed by atoms with Crippen molar-refractivity contribution in [2.45, 2.75) is 12.7 Å². The molecular formula is C15H14F3N3O3. The van der Waals surface area contributed by atoms with Crippen molar-refractivity contribution in [1.82, 2.24) is 14.7 Å². The molecule has 128 valence electrons. The molecule has 0 fully saturated rings. The van der Waals surface area contributed by atoms with Gasteiger partial charge in [0.25, 0.3) is 5.91 Å². The molecule has 9 heteroatoms. The zero-order valence-corrected chi connectivity index (χ0v) is 12.8. The van der Waals surface area contributed by atoms with Crippen LogP contribution >= 0.6 is 0 Å². The molecule has 0 spiro atoms. The lowest BCUT2D eigenvalue weighted by Gasteiger charge is -2.17. The number of aromatic carboxylic acids is 1. The predicted octanol–water partition coefficient (Wildman–Crippen LogP) is 2.41. The summed E-state index contributed by atoms with van der Waals surface area (Å²) in [6.07, 6.45) is -3.40. The number of alkyl halides is 3. The normalized spacial score (nSPS) is 11.4. The molecule has 1 N–H and O–H groups in total. The number of carboxylic acid groups (broad SMARTS) is 1. The molecule has 24 heavy (non-hydrogen) atoms. The van der Waals surface area contributed by atoms with Gasteiger partial charge in [0.15, 0.2) is 5.69 Å². The largest absolute Gasteiger partial charge is 0.478 e. The maximum absolute atomic E-state index is 12.9. The smallest absolute Gasteiger partial charge is 0.435 e. The average Bonchev–Trinajstić information content (AvgIpc) is 2.87. The zero-order valence-electron chi connectivity index (χ0n) is 12.8. The standard InChI is InChI=1S/C15H14F3N3O3/c1-20(7-11-8-21(2)19-12(11)15(16,17)18)13(22)9-3-5-10(6-4-9)14(23)24/h3-6,8H,7H2,1-2H3,(H,23,24). The third-order valence-corrected chi connectivity index (χ3v) is 3.31. The van der Waals surface area contributed by atoms with Gasteiger partial charge in [0.1, 0.15) is 0 Å². The molecule has 0 aliphatic carbocycles. The fourth-order valence-corrected chi connectivity index (χ4v) is 2.20. The second kappa shape index (κ2) is 6.34. The third-order valence-electron chi connectivity index (χ3n) is 3.31. The van der Waals surface area contributed by atoms with Gasteiger partial charge < -0.3 is 10.0 Å². The SMILES string of the molecule is CN(Cc1cn(C)nc1C(F)(F)F)C(=O)c1ccc(C(=O)O)cc1. The van der Waals surface area contributed by atoms with Crippen molar-refractivity contribution in [3.8, 4) is 0 Å². The Kier molecular flexibility index (Phi) is 4.63. The number of rotatable bonds is 4. The van der Waals surface area contributed by atoms with E-state index in [2.05, 4.69) is 5.10 Å². The van der Waals surface area contributed by atoms with Crippen LogP contribution in [0.5, 0.6) is 0 Å². The second-order valence-corrected chi connectivity index (χ2v) is 5.22. The average molecular weight is 341 g/mol. The zero-order chi connectivity index (χ0) is 18.1. The van der Waals surface area contributed by atoms with Gasteiger partial charge >= 0.3 is 12.1 Å². The summed E-state index contributed by atoms with van der Waals surface area (Å²) in [7, 11) is 2.73. The lowest BCUT2D eigenvalue weighted by Crippen LogP contribution is -2.27. The first-order valence-electron chi connectivity index (χ1n) is 6.78. The van der Waals surface area contributed by atoms with Crippen LogP contribution in [0, 0.1) is 0 Å². The molecule has 1 aromatic carbocycles. The minimum atomic E-state index is -4.61. The highest BCUT2D eigenvalue weighted by molar-refractivity contribution is 5.95. The van der Waals surface area contributed by atoms with Crippen molar-refractivity contribution in [1.29, 1.82) is 0 Å². The highest BCUT2D eigenvalue weighted by Gasteiger charge is 2.37. The van der Waals surface area contributed by atoms with E-state index in [-0.39, 0.29) is 23.2 Å². The Morgan fingerprint density at radius 2 is 1.75 bits per heavy atom. The Morgan fingerprint density at radius 3 is 2.25 bits per heavy atom. The molecule has 1 heterocycles. The Labute approximate surface area is 135 Å². The Morgan fingerprint density at radius 1 is 1.21 bits per heavy atom. The fourth-order valence-electron chi connectivity index (χ4n) is 2.20. The van der Waals surface area contributed by atoms with E-state index in [1.807, 2.05) is 0 Å². The van der Waals surface area contributed by atoms with E-state index in [1.54, 1.807) is 0 Å². The van der Waals surface area contributed by atoms with Gasteiger partial charge in [0.2, 0.25) is 0 Å². The molecule has 0 aliphatic heterocycles. The second-order valence-electron chi connectivity index (χ2n) is 5.22. The number of aryl methyl sites for hydroxylation is 1. The predicted molar refractivity (Wildman–Crippen MR) is 77.4 cm³/mol. The minimum absolute atomic E-state index is 0.0146. The molecule has 1 amide bonds. The van der Waals surface area contributed by atoms with Crippen molar-refractivity contribution in [2.24, 2.45) is 7.05 Å². The molecule has 2 rings (SSSR count). The van der Waals surface area contributed by atoms with Crippen LogP contribution in [0.3, 0.4) is 0 Å². The number of halogens is 3. The van der Waals surface area contributed by atoms with Crippen LogP contribution in [0.1, 0.15) is 32.0 Å². The van der Waals surface area contributed by atoms with E-state index in [9.17, 15) is 22.8 Å². The van der Waals surface area contributed by atoms with Crippen molar-refractivity contribution in [3.63, 3.8) is 0 Å². The number of carboxylic acids is 1. The summed E-state index contributed by atoms with van der Waals surface area (Å²) in [6, 6.07) is 5.15. The molecule has 0 unspecified atom stereocenters. The van der Waals surface area contributed by atoms with Gasteiger partial charge in [-0.2, -0.15) is 18.3 Å². The lowest BCUT2D eigenvalue weighted by atomic mass is 10.1. The van der Waals surface area contributed by atoms with Gasteiger partial charge in [-0.3, -0.25) is 9.48 Å². The van der Waals surface area contributed by atoms with Crippen LogP contribution in [0.4, 0.5) is 13.2 Å². The monoisotopic (exact) mass is 341 g/mol. The number of hydrogen-bond donors (Lipinski definition) is 1. The van der Waals surface area contributed by atoms with E-state index >= 15 is 0 Å². The van der Waals surface area contributed by atoms with Crippen molar-refractivity contribution in [3.05, 3.63) is 52.8 Å². The number of benzene rings is 1. The quantitative estimate of drug-likeness (QED) is 0.927. The van der Waals surface area contributed by atoms with Gasteiger partial charge in [-0.05, 0) is 24.3 Å². The van der Waals surface area contributed by atoms with Crippen molar-refractivity contribution >= 4 is 11.9 Å². The summed E-state index contributed by atoms with van der Waals surface area (Å²) in [5, 5.41) is 12.2. The summed E-state index contributed by atoms with van der Waals surface area (Å²) in [5.41, 5.74) is -0.963. The molecule has 2 aromatic rings. The highest BCUT2D eigenvalue weighted by atomic mass is 19.4. The topological polar surface area (TPSA) is 75.4 Å². The van der Waals surface area contributed by atoms with E-state index in [0.29, 0.717) is 0 Å². The van der Waals surface area contributed by atoms with Crippen LogP contribution in [0.25, 0.3) is 0 Å². The molecule has 0 saturated heterocycles. The first kappa shape index (κ1) is 17.5. The van der Waals surface area contributed by atoms with Gasteiger partial charge in [0, 0.05) is 38.0 Å². The molecule has 0 atom stereocenters. The number of carbonyl (C=O) groups is 2. The van der Waals surface area contributed by atoms with E-state index in [4.69, 9.17) is 5.11 Å². The van der Waals surface area contributed by atoms with Gasteiger partial charge in [-0.15, -0.1) is 0 Å². The number of aromatic nitrogens is 2. The minimum Gasteiger partial charge on any atom is -0.478 e. The van der Waals surface area contributed by atoms with Crippen molar-refractivity contribution < 1.29 is 27.9 Å². The summed E-state index contributed by atoms with van der Waals surface area (Å²) in [6.45, 7) is -0.276. The molecule has 6 nitrogen and oxygen atoms in total. The third kappa shape index (κ3) is 3.73. The Hall–Kier alpha value is -2.84. The molecule has 0 radical (unpaired) electrons. The summed E-state index contributed by atoms with van der Waals surface area (Å²) in [4.78, 5) is 24.2. The van der Waals surface area contributed by atoms with Crippen LogP contribution in [0.2, 0.25) is 0 Å². The van der Waals surface area contributed by atoms with Gasteiger partial charge in [-0.1, -0.05) is 0 Å². The molecule has 1 aromatic heterocycles. The molecular weight excluding hydrogens is 327 g/mol. The van der Waals surface area contributed by atoms with E-state index in [0.717, 1.165) is 9.58 Å². The maximum atomic E-state index is 12.9. The van der Waals surface area contributed by atoms with Gasteiger partial charge in [-0.25, -0.2) is 4.79 Å². The first-order chi connectivity index (χ1) is 11.1. The summed E-state index contributed by atoms with van der Waals surface area (Å²) >= 11 is 0. The fraction of sp³-hybridized carbons (Fsp3) is 0.267. The van der Waals surface area contributed by atoms with Crippen LogP contribution in [-0.4, -0.2) is 38.7 Å². The number of hydrogen-bond acceptors (Lipinski definition) is 3. The van der Waals surface area contributed by atoms with Crippen molar-refractivity contribution in [2.75, 3.05) is 7.05 Å². The Balaban J connectivity index is 2.19. The summed E-state index contributed by atoms with van der Waals surface area (Å²) < 4.78 is 39.8. The van der Waals surface area contributed by atoms with E-state index in [1.165, 1.54) is 44.6 Å². The lowest BCUT2D eigenvalue weighted by molar-refractivity contribution is -0.142. The number of carbonyl (C=O) groups excluding carboxylic acids is 1. The Bertz CT molecular complexity index is 767. The van der Waals surface area contributed by atoms with Gasteiger partial charge in [0.05, 0.1) is 5.56 Å². The number of amides is 1. The van der Waals surface area contributed by atoms with E-state index < -0.39 is 23.7 Å². The molecule has 0 bridgehead atoms. The van der Waals surface area contributed by atoms with Crippen LogP contribution in [0.15, 0.2) is 30.5 Å². The maximum Gasteiger partial charge on any atom is 0.435 e. The summed E-state index contributed by atoms with van der Waals surface area (Å²) in [5.74, 6) is -1.66. The highest BCUT2D eigenvalue weighted by Crippen LogP contribution is 2.31. The molecule has 0 aliphatic rings. The van der Waals surface area contributed by atoms with Crippen LogP contribution in [-0.2, 0) is 19.8 Å². The molecule has 0 saturated carbocycles. The first-order valence-corrected chi connectivity index (χ1v) is 6.78.